The van der Waals surface area contributed by atoms with E-state index in [1.807, 2.05) is 6.07 Å². The molecule has 1 aromatic carbocycles. The van der Waals surface area contributed by atoms with Gasteiger partial charge in [-0.3, -0.25) is 14.5 Å². The third-order valence-electron chi connectivity index (χ3n) is 4.74. The second-order valence-corrected chi connectivity index (χ2v) is 6.44. The van der Waals surface area contributed by atoms with Crippen molar-refractivity contribution in [2.24, 2.45) is 5.92 Å². The van der Waals surface area contributed by atoms with Crippen molar-refractivity contribution < 1.29 is 14.4 Å². The predicted octanol–water partition coefficient (Wildman–Crippen LogP) is 2.32. The Bertz CT molecular complexity index is 624. The first-order chi connectivity index (χ1) is 10.4. The Morgan fingerprint density at radius 1 is 1.23 bits per heavy atom. The van der Waals surface area contributed by atoms with Crippen LogP contribution < -0.4 is 0 Å². The molecular formula is C17H20N2O3. The third kappa shape index (κ3) is 2.40. The number of carbonyl (C=O) groups excluding carboxylic acids is 3. The van der Waals surface area contributed by atoms with E-state index in [9.17, 15) is 14.4 Å². The molecule has 1 saturated heterocycles. The van der Waals surface area contributed by atoms with E-state index in [1.165, 1.54) is 4.90 Å². The summed E-state index contributed by atoms with van der Waals surface area (Å²) in [5.74, 6) is 0.0523. The maximum absolute atomic E-state index is 12.7. The molecule has 116 valence electrons. The first-order valence-corrected chi connectivity index (χ1v) is 7.61. The summed E-state index contributed by atoms with van der Waals surface area (Å²) in [6.45, 7) is 1.62. The molecule has 0 aromatic heterocycles. The minimum absolute atomic E-state index is 0.188. The molecule has 5 nitrogen and oxygen atoms in total. The Kier molecular flexibility index (Phi) is 3.51. The van der Waals surface area contributed by atoms with Gasteiger partial charge in [0, 0.05) is 12.6 Å². The van der Waals surface area contributed by atoms with E-state index >= 15 is 0 Å². The van der Waals surface area contributed by atoms with Crippen LogP contribution in [0, 0.1) is 5.92 Å². The number of hydrogen-bond acceptors (Lipinski definition) is 3. The fourth-order valence-electron chi connectivity index (χ4n) is 3.02. The lowest BCUT2D eigenvalue weighted by Crippen LogP contribution is -2.45. The van der Waals surface area contributed by atoms with Crippen molar-refractivity contribution >= 4 is 17.7 Å². The lowest BCUT2D eigenvalue weighted by atomic mass is 9.93. The highest BCUT2D eigenvalue weighted by molar-refractivity contribution is 6.10. The Morgan fingerprint density at radius 2 is 1.86 bits per heavy atom. The molecule has 0 bridgehead atoms. The summed E-state index contributed by atoms with van der Waals surface area (Å²) in [5, 5.41) is 0. The van der Waals surface area contributed by atoms with Gasteiger partial charge in [0.2, 0.25) is 0 Å². The molecule has 0 radical (unpaired) electrons. The summed E-state index contributed by atoms with van der Waals surface area (Å²) in [7, 11) is 1.65. The number of urea groups is 1. The summed E-state index contributed by atoms with van der Waals surface area (Å²) in [4.78, 5) is 39.9. The number of imide groups is 1. The number of hydrogen-bond donors (Lipinski definition) is 0. The molecule has 1 atom stereocenters. The fourth-order valence-corrected chi connectivity index (χ4v) is 3.02. The number of nitrogens with zero attached hydrogens (tertiary/aromatic N) is 2. The van der Waals surface area contributed by atoms with Gasteiger partial charge in [0.25, 0.3) is 5.91 Å². The standard InChI is InChI=1S/C17H20N2O3/c1-17(10-12-8-9-12)15(21)19(16(22)18(17)2)11-14(20)13-6-4-3-5-7-13/h3-7,12H,8-11H2,1-2H3/t17-/m0/s1. The van der Waals surface area contributed by atoms with Gasteiger partial charge >= 0.3 is 6.03 Å². The SMILES string of the molecule is CN1C(=O)N(CC(=O)c2ccccc2)C(=O)[C@]1(C)CC1CC1. The van der Waals surface area contributed by atoms with Crippen LogP contribution in [0.15, 0.2) is 30.3 Å². The molecule has 3 amide bonds. The number of benzene rings is 1. The van der Waals surface area contributed by atoms with Crippen molar-refractivity contribution in [1.82, 2.24) is 9.80 Å². The van der Waals surface area contributed by atoms with Crippen molar-refractivity contribution in [3.63, 3.8) is 0 Å². The topological polar surface area (TPSA) is 57.7 Å². The lowest BCUT2D eigenvalue weighted by molar-refractivity contribution is -0.132. The molecule has 0 spiro atoms. The summed E-state index contributed by atoms with van der Waals surface area (Å²) in [6, 6.07) is 8.37. The monoisotopic (exact) mass is 300 g/mol. The minimum atomic E-state index is -0.810. The van der Waals surface area contributed by atoms with Crippen molar-refractivity contribution in [2.75, 3.05) is 13.6 Å². The minimum Gasteiger partial charge on any atom is -0.313 e. The molecule has 22 heavy (non-hydrogen) atoms. The molecule has 2 fully saturated rings. The van der Waals surface area contributed by atoms with Gasteiger partial charge in [0.1, 0.15) is 5.54 Å². The first-order valence-electron chi connectivity index (χ1n) is 7.61. The second-order valence-electron chi connectivity index (χ2n) is 6.44. The molecule has 3 rings (SSSR count). The third-order valence-corrected chi connectivity index (χ3v) is 4.74. The lowest BCUT2D eigenvalue weighted by Gasteiger charge is -2.28. The van der Waals surface area contributed by atoms with Crippen LogP contribution in [-0.2, 0) is 4.79 Å². The van der Waals surface area contributed by atoms with Crippen molar-refractivity contribution in [2.45, 2.75) is 31.7 Å². The highest BCUT2D eigenvalue weighted by Gasteiger charge is 2.54. The number of carbonyl (C=O) groups is 3. The number of likely N-dealkylation sites (N-methyl/N-ethyl adjacent to an activating group) is 1. The van der Waals surface area contributed by atoms with Crippen molar-refractivity contribution in [3.8, 4) is 0 Å². The van der Waals surface area contributed by atoms with Gasteiger partial charge in [-0.1, -0.05) is 43.2 Å². The normalized spacial score (nSPS) is 25.0. The quantitative estimate of drug-likeness (QED) is 0.619. The highest BCUT2D eigenvalue weighted by atomic mass is 16.2. The zero-order valence-electron chi connectivity index (χ0n) is 12.9. The number of Topliss-reactive ketones (excluding diaryl/α,β-unsaturated/α-hetero) is 1. The first kappa shape index (κ1) is 14.8. The average Bonchev–Trinajstić information content (AvgIpc) is 3.32. The van der Waals surface area contributed by atoms with Crippen molar-refractivity contribution in [3.05, 3.63) is 35.9 Å². The van der Waals surface area contributed by atoms with Gasteiger partial charge in [-0.2, -0.15) is 0 Å². The Morgan fingerprint density at radius 3 is 2.45 bits per heavy atom. The molecule has 0 N–H and O–H groups in total. The zero-order chi connectivity index (χ0) is 15.9. The fraction of sp³-hybridized carbons (Fsp3) is 0.471. The second kappa shape index (κ2) is 5.23. The van der Waals surface area contributed by atoms with E-state index in [0.717, 1.165) is 17.7 Å². The van der Waals surface area contributed by atoms with Crippen LogP contribution in [0.3, 0.4) is 0 Å². The van der Waals surface area contributed by atoms with Crippen LogP contribution in [0.1, 0.15) is 36.5 Å². The van der Waals surface area contributed by atoms with E-state index in [1.54, 1.807) is 38.2 Å². The van der Waals surface area contributed by atoms with Crippen LogP contribution >= 0.6 is 0 Å². The molecule has 1 aliphatic heterocycles. The number of ketones is 1. The van der Waals surface area contributed by atoms with Gasteiger partial charge in [0.05, 0.1) is 6.54 Å². The summed E-state index contributed by atoms with van der Waals surface area (Å²) in [5.41, 5.74) is -0.295. The Balaban J connectivity index is 1.78. The Hall–Kier alpha value is -2.17. The van der Waals surface area contributed by atoms with E-state index in [0.29, 0.717) is 17.9 Å². The molecule has 1 aliphatic carbocycles. The van der Waals surface area contributed by atoms with Crippen LogP contribution in [0.4, 0.5) is 4.79 Å². The van der Waals surface area contributed by atoms with Gasteiger partial charge in [0.15, 0.2) is 5.78 Å². The maximum Gasteiger partial charge on any atom is 0.327 e. The molecule has 0 unspecified atom stereocenters. The van der Waals surface area contributed by atoms with E-state index < -0.39 is 5.54 Å². The molecular weight excluding hydrogens is 280 g/mol. The number of amides is 3. The van der Waals surface area contributed by atoms with Crippen LogP contribution in [-0.4, -0.2) is 46.7 Å². The molecule has 5 heteroatoms. The van der Waals surface area contributed by atoms with Crippen LogP contribution in [0.2, 0.25) is 0 Å². The van der Waals surface area contributed by atoms with Gasteiger partial charge in [-0.05, 0) is 19.3 Å². The van der Waals surface area contributed by atoms with Crippen LogP contribution in [0.25, 0.3) is 0 Å². The largest absolute Gasteiger partial charge is 0.327 e. The summed E-state index contributed by atoms with van der Waals surface area (Å²) < 4.78 is 0. The molecule has 1 aromatic rings. The average molecular weight is 300 g/mol. The Labute approximate surface area is 129 Å². The zero-order valence-corrected chi connectivity index (χ0v) is 12.9. The molecule has 1 saturated carbocycles. The van der Waals surface area contributed by atoms with Gasteiger partial charge in [-0.15, -0.1) is 0 Å². The van der Waals surface area contributed by atoms with E-state index in [4.69, 9.17) is 0 Å². The van der Waals surface area contributed by atoms with Crippen molar-refractivity contribution in [1.29, 1.82) is 0 Å². The number of rotatable bonds is 5. The summed E-state index contributed by atoms with van der Waals surface area (Å²) in [6.07, 6.45) is 2.92. The smallest absolute Gasteiger partial charge is 0.313 e. The van der Waals surface area contributed by atoms with E-state index in [-0.39, 0.29) is 24.3 Å². The summed E-state index contributed by atoms with van der Waals surface area (Å²) >= 11 is 0. The van der Waals surface area contributed by atoms with E-state index in [2.05, 4.69) is 0 Å². The van der Waals surface area contributed by atoms with Crippen LogP contribution in [0.5, 0.6) is 0 Å². The molecule has 2 aliphatic rings. The van der Waals surface area contributed by atoms with Gasteiger partial charge in [-0.25, -0.2) is 4.79 Å². The molecule has 1 heterocycles. The highest BCUT2D eigenvalue weighted by Crippen LogP contribution is 2.41. The predicted molar refractivity (Wildman–Crippen MR) is 81.4 cm³/mol. The van der Waals surface area contributed by atoms with Gasteiger partial charge < -0.3 is 4.90 Å². The maximum atomic E-state index is 12.7.